The number of thiophene rings is 1. The van der Waals surface area contributed by atoms with Crippen molar-refractivity contribution in [2.24, 2.45) is 0 Å². The zero-order valence-electron chi connectivity index (χ0n) is 12.6. The maximum absolute atomic E-state index is 12.0. The number of nitrogens with zero attached hydrogens (tertiary/aromatic N) is 3. The molecule has 0 radical (unpaired) electrons. The number of amides is 1. The summed E-state index contributed by atoms with van der Waals surface area (Å²) in [5.41, 5.74) is 0.776. The van der Waals surface area contributed by atoms with Crippen LogP contribution in [-0.4, -0.2) is 20.9 Å². The van der Waals surface area contributed by atoms with E-state index < -0.39 is 0 Å². The fourth-order valence-electron chi connectivity index (χ4n) is 2.18. The lowest BCUT2D eigenvalue weighted by atomic mass is 10.2. The van der Waals surface area contributed by atoms with Gasteiger partial charge in [-0.25, -0.2) is 4.68 Å². The maximum atomic E-state index is 12.0. The molecule has 6 heteroatoms. The second kappa shape index (κ2) is 6.27. The Hall–Kier alpha value is -2.21. The predicted molar refractivity (Wildman–Crippen MR) is 87.8 cm³/mol. The van der Waals surface area contributed by atoms with Crippen LogP contribution in [0.2, 0.25) is 0 Å². The Balaban J connectivity index is 1.57. The largest absolute Gasteiger partial charge is 0.350 e. The number of carbonyl (C=O) groups is 1. The van der Waals surface area contributed by atoms with Crippen LogP contribution >= 0.6 is 11.3 Å². The molecular formula is C16H18N4OS. The van der Waals surface area contributed by atoms with E-state index >= 15 is 0 Å². The molecule has 22 heavy (non-hydrogen) atoms. The van der Waals surface area contributed by atoms with Gasteiger partial charge in [-0.3, -0.25) is 4.79 Å². The molecule has 1 aromatic carbocycles. The lowest BCUT2D eigenvalue weighted by Crippen LogP contribution is -2.24. The molecule has 0 aliphatic heterocycles. The van der Waals surface area contributed by atoms with Crippen LogP contribution in [0, 0.1) is 0 Å². The van der Waals surface area contributed by atoms with Gasteiger partial charge in [-0.2, -0.15) is 0 Å². The normalized spacial score (nSPS) is 11.2. The quantitative estimate of drug-likeness (QED) is 0.787. The van der Waals surface area contributed by atoms with E-state index in [1.54, 1.807) is 16.0 Å². The molecule has 0 atom stereocenters. The Morgan fingerprint density at radius 2 is 2.18 bits per heavy atom. The van der Waals surface area contributed by atoms with Gasteiger partial charge >= 0.3 is 0 Å². The van der Waals surface area contributed by atoms with E-state index in [0.29, 0.717) is 13.0 Å². The van der Waals surface area contributed by atoms with Crippen molar-refractivity contribution in [3.05, 3.63) is 47.1 Å². The second-order valence-electron chi connectivity index (χ2n) is 5.49. The first-order valence-electron chi connectivity index (χ1n) is 7.26. The fraction of sp³-hybridized carbons (Fsp3) is 0.312. The van der Waals surface area contributed by atoms with Crippen molar-refractivity contribution in [2.75, 3.05) is 0 Å². The van der Waals surface area contributed by atoms with Gasteiger partial charge in [-0.1, -0.05) is 23.4 Å². The Morgan fingerprint density at radius 3 is 2.91 bits per heavy atom. The Bertz CT molecular complexity index is 757. The average molecular weight is 314 g/mol. The van der Waals surface area contributed by atoms with Crippen LogP contribution in [0.1, 0.15) is 30.5 Å². The third-order valence-corrected chi connectivity index (χ3v) is 4.48. The molecule has 114 valence electrons. The van der Waals surface area contributed by atoms with Gasteiger partial charge in [0, 0.05) is 15.6 Å². The summed E-state index contributed by atoms with van der Waals surface area (Å²) in [5.74, 6) is 0.00523. The SMILES string of the molecule is CC(C)n1cc(CNC(=O)Cc2cc3ccccc3s2)nn1. The summed E-state index contributed by atoms with van der Waals surface area (Å²) in [4.78, 5) is 13.1. The molecule has 0 unspecified atom stereocenters. The van der Waals surface area contributed by atoms with E-state index in [0.717, 1.165) is 10.6 Å². The molecule has 1 amide bonds. The molecule has 5 nitrogen and oxygen atoms in total. The summed E-state index contributed by atoms with van der Waals surface area (Å²) in [6, 6.07) is 10.5. The zero-order valence-corrected chi connectivity index (χ0v) is 13.4. The summed E-state index contributed by atoms with van der Waals surface area (Å²) in [7, 11) is 0. The molecule has 0 bridgehead atoms. The highest BCUT2D eigenvalue weighted by atomic mass is 32.1. The third-order valence-electron chi connectivity index (χ3n) is 3.36. The molecular weight excluding hydrogens is 296 g/mol. The van der Waals surface area contributed by atoms with Gasteiger partial charge in [0.1, 0.15) is 5.69 Å². The second-order valence-corrected chi connectivity index (χ2v) is 6.66. The highest BCUT2D eigenvalue weighted by molar-refractivity contribution is 7.19. The maximum Gasteiger partial charge on any atom is 0.225 e. The number of rotatable bonds is 5. The van der Waals surface area contributed by atoms with Crippen molar-refractivity contribution in [1.82, 2.24) is 20.3 Å². The van der Waals surface area contributed by atoms with E-state index in [-0.39, 0.29) is 11.9 Å². The lowest BCUT2D eigenvalue weighted by Gasteiger charge is -2.02. The monoisotopic (exact) mass is 314 g/mol. The van der Waals surface area contributed by atoms with Crippen molar-refractivity contribution in [3.8, 4) is 0 Å². The smallest absolute Gasteiger partial charge is 0.225 e. The number of nitrogens with one attached hydrogen (secondary N) is 1. The van der Waals surface area contributed by atoms with Gasteiger partial charge in [0.2, 0.25) is 5.91 Å². The molecule has 2 aromatic heterocycles. The number of hydrogen-bond donors (Lipinski definition) is 1. The molecule has 2 heterocycles. The highest BCUT2D eigenvalue weighted by Gasteiger charge is 2.09. The van der Waals surface area contributed by atoms with Gasteiger partial charge in [-0.05, 0) is 31.4 Å². The van der Waals surface area contributed by atoms with E-state index in [1.165, 1.54) is 10.1 Å². The number of hydrogen-bond acceptors (Lipinski definition) is 4. The molecule has 0 spiro atoms. The summed E-state index contributed by atoms with van der Waals surface area (Å²) in [6.45, 7) is 4.49. The zero-order chi connectivity index (χ0) is 15.5. The first-order chi connectivity index (χ1) is 10.6. The van der Waals surface area contributed by atoms with Crippen LogP contribution < -0.4 is 5.32 Å². The summed E-state index contributed by atoms with van der Waals surface area (Å²) in [5, 5.41) is 12.2. The third kappa shape index (κ3) is 3.33. The molecule has 0 aliphatic rings. The number of aromatic nitrogens is 3. The van der Waals surface area contributed by atoms with Crippen molar-refractivity contribution in [2.45, 2.75) is 32.9 Å². The van der Waals surface area contributed by atoms with Crippen LogP contribution in [0.15, 0.2) is 36.5 Å². The van der Waals surface area contributed by atoms with Crippen molar-refractivity contribution in [1.29, 1.82) is 0 Å². The fourth-order valence-corrected chi connectivity index (χ4v) is 3.24. The van der Waals surface area contributed by atoms with Crippen LogP contribution in [0.3, 0.4) is 0 Å². The Labute approximate surface area is 133 Å². The first-order valence-corrected chi connectivity index (χ1v) is 8.08. The molecule has 0 saturated heterocycles. The molecule has 3 aromatic rings. The van der Waals surface area contributed by atoms with Crippen LogP contribution in [0.4, 0.5) is 0 Å². The lowest BCUT2D eigenvalue weighted by molar-refractivity contribution is -0.120. The molecule has 0 saturated carbocycles. The molecule has 3 rings (SSSR count). The van der Waals surface area contributed by atoms with Gasteiger partial charge in [-0.15, -0.1) is 16.4 Å². The Kier molecular flexibility index (Phi) is 4.20. The first kappa shape index (κ1) is 14.7. The van der Waals surface area contributed by atoms with Crippen LogP contribution in [0.25, 0.3) is 10.1 Å². The standard InChI is InChI=1S/C16H18N4OS/c1-11(2)20-10-13(18-19-20)9-17-16(21)8-14-7-12-5-3-4-6-15(12)22-14/h3-7,10-11H,8-9H2,1-2H3,(H,17,21). The minimum absolute atomic E-state index is 0.00523. The molecule has 0 aliphatic carbocycles. The highest BCUT2D eigenvalue weighted by Crippen LogP contribution is 2.25. The summed E-state index contributed by atoms with van der Waals surface area (Å²) < 4.78 is 3.00. The summed E-state index contributed by atoms with van der Waals surface area (Å²) in [6.07, 6.45) is 2.27. The predicted octanol–water partition coefficient (Wildman–Crippen LogP) is 2.93. The van der Waals surface area contributed by atoms with Gasteiger partial charge in [0.05, 0.1) is 19.2 Å². The van der Waals surface area contributed by atoms with E-state index in [9.17, 15) is 4.79 Å². The summed E-state index contributed by atoms with van der Waals surface area (Å²) >= 11 is 1.66. The van der Waals surface area contributed by atoms with Crippen molar-refractivity contribution >= 4 is 27.3 Å². The van der Waals surface area contributed by atoms with Gasteiger partial charge in [0.25, 0.3) is 0 Å². The molecule has 0 fully saturated rings. The number of fused-ring (bicyclic) bond motifs is 1. The van der Waals surface area contributed by atoms with Crippen LogP contribution in [0.5, 0.6) is 0 Å². The van der Waals surface area contributed by atoms with Gasteiger partial charge < -0.3 is 5.32 Å². The van der Waals surface area contributed by atoms with Crippen molar-refractivity contribution in [3.63, 3.8) is 0 Å². The molecule has 1 N–H and O–H groups in total. The minimum atomic E-state index is 0.00523. The number of benzene rings is 1. The topological polar surface area (TPSA) is 59.8 Å². The van der Waals surface area contributed by atoms with Crippen LogP contribution in [-0.2, 0) is 17.8 Å². The van der Waals surface area contributed by atoms with E-state index in [1.807, 2.05) is 32.2 Å². The van der Waals surface area contributed by atoms with Crippen molar-refractivity contribution < 1.29 is 4.79 Å². The van der Waals surface area contributed by atoms with E-state index in [4.69, 9.17) is 0 Å². The Morgan fingerprint density at radius 1 is 1.36 bits per heavy atom. The minimum Gasteiger partial charge on any atom is -0.350 e. The van der Waals surface area contributed by atoms with E-state index in [2.05, 4.69) is 33.8 Å². The number of carbonyl (C=O) groups excluding carboxylic acids is 1. The van der Waals surface area contributed by atoms with Gasteiger partial charge in [0.15, 0.2) is 0 Å². The average Bonchev–Trinajstić information content (AvgIpc) is 3.11.